The van der Waals surface area contributed by atoms with E-state index in [9.17, 15) is 15.0 Å². The van der Waals surface area contributed by atoms with E-state index in [2.05, 4.69) is 0 Å². The summed E-state index contributed by atoms with van der Waals surface area (Å²) in [5, 5.41) is 19.1. The lowest BCUT2D eigenvalue weighted by molar-refractivity contribution is 0.351. The van der Waals surface area contributed by atoms with E-state index in [1.807, 2.05) is 0 Å². The molecule has 0 bridgehead atoms. The molecule has 112 valence electrons. The predicted octanol–water partition coefficient (Wildman–Crippen LogP) is 3.01. The molecule has 0 aliphatic carbocycles. The fourth-order valence-corrected chi connectivity index (χ4v) is 2.04. The highest BCUT2D eigenvalue weighted by atomic mass is 16.6. The monoisotopic (exact) mass is 300 g/mol. The summed E-state index contributed by atoms with van der Waals surface area (Å²) in [5.74, 6) is 0.511. The molecule has 0 aliphatic heterocycles. The van der Waals surface area contributed by atoms with Gasteiger partial charge >= 0.3 is 0 Å². The highest BCUT2D eigenvalue weighted by Gasteiger charge is 2.12. The Hall–Kier alpha value is -3.15. The summed E-state index contributed by atoms with van der Waals surface area (Å²) in [5.41, 5.74) is -0.434. The van der Waals surface area contributed by atoms with Gasteiger partial charge in [0.15, 0.2) is 5.43 Å². The fourth-order valence-electron chi connectivity index (χ4n) is 2.04. The van der Waals surface area contributed by atoms with Crippen LogP contribution in [0.15, 0.2) is 51.7 Å². The Labute approximate surface area is 124 Å². The first-order valence-corrected chi connectivity index (χ1v) is 6.38. The Balaban J connectivity index is 2.02. The van der Waals surface area contributed by atoms with Crippen molar-refractivity contribution in [3.05, 3.63) is 52.7 Å². The van der Waals surface area contributed by atoms with Crippen molar-refractivity contribution in [1.82, 2.24) is 0 Å². The van der Waals surface area contributed by atoms with Gasteiger partial charge < -0.3 is 24.1 Å². The number of hydrogen-bond acceptors (Lipinski definition) is 6. The zero-order valence-corrected chi connectivity index (χ0v) is 11.6. The largest absolute Gasteiger partial charge is 0.508 e. The number of ether oxygens (including phenoxy) is 2. The van der Waals surface area contributed by atoms with Crippen molar-refractivity contribution in [2.45, 2.75) is 0 Å². The van der Waals surface area contributed by atoms with Gasteiger partial charge in [0.05, 0.1) is 13.2 Å². The van der Waals surface area contributed by atoms with Gasteiger partial charge in [-0.3, -0.25) is 4.79 Å². The van der Waals surface area contributed by atoms with Crippen LogP contribution < -0.4 is 14.9 Å². The number of phenolic OH excluding ortho intramolecular Hbond substituents is 2. The summed E-state index contributed by atoms with van der Waals surface area (Å²) in [6.45, 7) is 0. The Morgan fingerprint density at radius 1 is 1.00 bits per heavy atom. The molecule has 3 aromatic rings. The van der Waals surface area contributed by atoms with Gasteiger partial charge in [0, 0.05) is 12.1 Å². The van der Waals surface area contributed by atoms with E-state index in [1.54, 1.807) is 31.4 Å². The molecule has 0 fully saturated rings. The lowest BCUT2D eigenvalue weighted by Crippen LogP contribution is -2.00. The molecule has 6 nitrogen and oxygen atoms in total. The van der Waals surface area contributed by atoms with E-state index < -0.39 is 5.43 Å². The lowest BCUT2D eigenvalue weighted by atomic mass is 10.2. The second-order valence-corrected chi connectivity index (χ2v) is 4.55. The van der Waals surface area contributed by atoms with Crippen LogP contribution in [0.3, 0.4) is 0 Å². The van der Waals surface area contributed by atoms with Crippen LogP contribution in [0.25, 0.3) is 11.0 Å². The number of methoxy groups -OCH3 is 1. The molecule has 2 aromatic carbocycles. The molecule has 3 rings (SSSR count). The first-order chi connectivity index (χ1) is 10.6. The van der Waals surface area contributed by atoms with E-state index in [4.69, 9.17) is 13.9 Å². The van der Waals surface area contributed by atoms with E-state index in [0.717, 1.165) is 12.1 Å². The average molecular weight is 300 g/mol. The zero-order valence-electron chi connectivity index (χ0n) is 11.6. The maximum atomic E-state index is 12.0. The molecule has 0 radical (unpaired) electrons. The number of fused-ring (bicyclic) bond motifs is 1. The molecule has 0 unspecified atom stereocenters. The Morgan fingerprint density at radius 2 is 1.68 bits per heavy atom. The molecule has 0 aliphatic rings. The number of phenols is 2. The second kappa shape index (κ2) is 5.33. The average Bonchev–Trinajstić information content (AvgIpc) is 2.46. The number of benzene rings is 2. The maximum absolute atomic E-state index is 12.0. The molecule has 1 heterocycles. The summed E-state index contributed by atoms with van der Waals surface area (Å²) < 4.78 is 15.9. The molecule has 0 atom stereocenters. The van der Waals surface area contributed by atoms with Crippen LogP contribution in [0.1, 0.15) is 0 Å². The van der Waals surface area contributed by atoms with Gasteiger partial charge in [-0.05, 0) is 24.3 Å². The molecule has 2 N–H and O–H groups in total. The first-order valence-electron chi connectivity index (χ1n) is 6.38. The number of rotatable bonds is 3. The standard InChI is InChI=1S/C16H12O6/c1-20-10-2-4-11(5-3-10)21-15-8-13(19)16-12(18)6-9(17)7-14(16)22-15/h2-8,17-18H,1H3. The van der Waals surface area contributed by atoms with Gasteiger partial charge in [0.2, 0.25) is 0 Å². The fraction of sp³-hybridized carbons (Fsp3) is 0.0625. The zero-order chi connectivity index (χ0) is 15.7. The van der Waals surface area contributed by atoms with Crippen LogP contribution in [0.2, 0.25) is 0 Å². The summed E-state index contributed by atoms with van der Waals surface area (Å²) in [7, 11) is 1.55. The molecular formula is C16H12O6. The van der Waals surface area contributed by atoms with Gasteiger partial charge in [-0.1, -0.05) is 0 Å². The normalized spacial score (nSPS) is 10.6. The van der Waals surface area contributed by atoms with E-state index in [0.29, 0.717) is 11.5 Å². The molecule has 22 heavy (non-hydrogen) atoms. The minimum atomic E-state index is -0.470. The highest BCUT2D eigenvalue weighted by Crippen LogP contribution is 2.31. The van der Waals surface area contributed by atoms with E-state index >= 15 is 0 Å². The van der Waals surface area contributed by atoms with Gasteiger partial charge in [-0.15, -0.1) is 0 Å². The second-order valence-electron chi connectivity index (χ2n) is 4.55. The van der Waals surface area contributed by atoms with Crippen LogP contribution in [0.4, 0.5) is 0 Å². The van der Waals surface area contributed by atoms with Gasteiger partial charge in [0.25, 0.3) is 5.95 Å². The van der Waals surface area contributed by atoms with Crippen LogP contribution in [-0.4, -0.2) is 17.3 Å². The van der Waals surface area contributed by atoms with E-state index in [-0.39, 0.29) is 28.4 Å². The van der Waals surface area contributed by atoms with Gasteiger partial charge in [-0.25, -0.2) is 0 Å². The van der Waals surface area contributed by atoms with E-state index in [1.165, 1.54) is 6.07 Å². The molecule has 0 amide bonds. The summed E-state index contributed by atoms with van der Waals surface area (Å²) in [6, 6.07) is 10.1. The number of hydrogen-bond donors (Lipinski definition) is 2. The summed E-state index contributed by atoms with van der Waals surface area (Å²) in [4.78, 5) is 12.0. The number of aromatic hydroxyl groups is 2. The molecular weight excluding hydrogens is 288 g/mol. The lowest BCUT2D eigenvalue weighted by Gasteiger charge is -2.07. The minimum absolute atomic E-state index is 0.0140. The SMILES string of the molecule is COc1ccc(Oc2cc(=O)c3c(O)cc(O)cc3o2)cc1. The smallest absolute Gasteiger partial charge is 0.294 e. The van der Waals surface area contributed by atoms with Crippen molar-refractivity contribution < 1.29 is 24.1 Å². The van der Waals surface area contributed by atoms with Gasteiger partial charge in [0.1, 0.15) is 34.0 Å². The van der Waals surface area contributed by atoms with Crippen molar-refractivity contribution in [2.24, 2.45) is 0 Å². The van der Waals surface area contributed by atoms with Gasteiger partial charge in [-0.2, -0.15) is 0 Å². The summed E-state index contributed by atoms with van der Waals surface area (Å²) >= 11 is 0. The van der Waals surface area contributed by atoms with Crippen molar-refractivity contribution >= 4 is 11.0 Å². The van der Waals surface area contributed by atoms with Crippen LogP contribution in [0, 0.1) is 0 Å². The highest BCUT2D eigenvalue weighted by molar-refractivity contribution is 5.84. The molecule has 6 heteroatoms. The predicted molar refractivity (Wildman–Crippen MR) is 78.9 cm³/mol. The minimum Gasteiger partial charge on any atom is -0.508 e. The van der Waals surface area contributed by atoms with Crippen molar-refractivity contribution in [3.8, 4) is 28.9 Å². The van der Waals surface area contributed by atoms with Crippen LogP contribution >= 0.6 is 0 Å². The summed E-state index contributed by atoms with van der Waals surface area (Å²) in [6.07, 6.45) is 0. The maximum Gasteiger partial charge on any atom is 0.294 e. The quantitative estimate of drug-likeness (QED) is 0.773. The Morgan fingerprint density at radius 3 is 2.36 bits per heavy atom. The third-order valence-electron chi connectivity index (χ3n) is 3.05. The first kappa shape index (κ1) is 13.8. The van der Waals surface area contributed by atoms with Crippen molar-refractivity contribution in [2.75, 3.05) is 7.11 Å². The van der Waals surface area contributed by atoms with Crippen molar-refractivity contribution in [1.29, 1.82) is 0 Å². The topological polar surface area (TPSA) is 89.1 Å². The van der Waals surface area contributed by atoms with Crippen LogP contribution in [-0.2, 0) is 0 Å². The third kappa shape index (κ3) is 2.54. The Bertz CT molecular complexity index is 880. The van der Waals surface area contributed by atoms with Crippen molar-refractivity contribution in [3.63, 3.8) is 0 Å². The Kier molecular flexibility index (Phi) is 3.34. The third-order valence-corrected chi connectivity index (χ3v) is 3.05. The molecule has 0 saturated carbocycles. The molecule has 0 saturated heterocycles. The van der Waals surface area contributed by atoms with Crippen LogP contribution in [0.5, 0.6) is 28.9 Å². The molecule has 1 aromatic heterocycles. The molecule has 0 spiro atoms.